The number of rotatable bonds is 4. The molecule has 2 aromatic carbocycles. The number of carbonyl (C=O) groups is 1. The lowest BCUT2D eigenvalue weighted by atomic mass is 10.1. The Balaban J connectivity index is 1.65. The largest absolute Gasteiger partial charge is 0.454 e. The Bertz CT molecular complexity index is 970. The number of hydrogen-bond donors (Lipinski definition) is 0. The molecule has 28 heavy (non-hydrogen) atoms. The van der Waals surface area contributed by atoms with Crippen molar-refractivity contribution in [2.45, 2.75) is 13.8 Å². The summed E-state index contributed by atoms with van der Waals surface area (Å²) in [5, 5.41) is 1.33. The van der Waals surface area contributed by atoms with E-state index in [1.807, 2.05) is 36.4 Å². The Labute approximate surface area is 173 Å². The Morgan fingerprint density at radius 1 is 1.18 bits per heavy atom. The van der Waals surface area contributed by atoms with Crippen LogP contribution < -0.4 is 9.47 Å². The van der Waals surface area contributed by atoms with E-state index in [2.05, 4.69) is 18.8 Å². The minimum Gasteiger partial charge on any atom is -0.454 e. The maximum absolute atomic E-state index is 13.0. The standard InChI is InChI=1S/C21H19ClN2O3S/c1-13(2)11-24-20(25)19(10-14-3-8-17-18(9-14)27-12-26-17)28-21(24)23-16-6-4-15(22)5-7-16/h3-10,13H,11-12H2,1-2H3/b19-10-,23-21?. The summed E-state index contributed by atoms with van der Waals surface area (Å²) in [5.41, 5.74) is 1.65. The molecule has 0 radical (unpaired) electrons. The van der Waals surface area contributed by atoms with Gasteiger partial charge in [0, 0.05) is 11.6 Å². The van der Waals surface area contributed by atoms with Crippen LogP contribution in [0.1, 0.15) is 19.4 Å². The van der Waals surface area contributed by atoms with Gasteiger partial charge in [-0.25, -0.2) is 4.99 Å². The summed E-state index contributed by atoms with van der Waals surface area (Å²) < 4.78 is 10.8. The van der Waals surface area contributed by atoms with Gasteiger partial charge in [0.2, 0.25) is 6.79 Å². The summed E-state index contributed by atoms with van der Waals surface area (Å²) >= 11 is 7.33. The number of halogens is 1. The Morgan fingerprint density at radius 3 is 2.68 bits per heavy atom. The van der Waals surface area contributed by atoms with Crippen molar-refractivity contribution < 1.29 is 14.3 Å². The second-order valence-electron chi connectivity index (χ2n) is 6.90. The van der Waals surface area contributed by atoms with Crippen LogP contribution in [0.5, 0.6) is 11.5 Å². The number of amides is 1. The fourth-order valence-corrected chi connectivity index (χ4v) is 4.03. The second-order valence-corrected chi connectivity index (χ2v) is 8.35. The van der Waals surface area contributed by atoms with Crippen LogP contribution in [-0.4, -0.2) is 29.3 Å². The van der Waals surface area contributed by atoms with Gasteiger partial charge in [-0.2, -0.15) is 0 Å². The molecule has 0 saturated carbocycles. The fraction of sp³-hybridized carbons (Fsp3) is 0.238. The second kappa shape index (κ2) is 7.89. The van der Waals surface area contributed by atoms with Gasteiger partial charge in [0.25, 0.3) is 5.91 Å². The topological polar surface area (TPSA) is 51.1 Å². The zero-order chi connectivity index (χ0) is 19.7. The summed E-state index contributed by atoms with van der Waals surface area (Å²) in [5.74, 6) is 1.70. The van der Waals surface area contributed by atoms with Gasteiger partial charge < -0.3 is 9.47 Å². The number of ether oxygens (including phenoxy) is 2. The van der Waals surface area contributed by atoms with Gasteiger partial charge in [-0.3, -0.25) is 9.69 Å². The van der Waals surface area contributed by atoms with Crippen molar-refractivity contribution in [2.75, 3.05) is 13.3 Å². The summed E-state index contributed by atoms with van der Waals surface area (Å²) in [7, 11) is 0. The molecule has 1 amide bonds. The third-order valence-electron chi connectivity index (χ3n) is 4.18. The average Bonchev–Trinajstić information content (AvgIpc) is 3.23. The van der Waals surface area contributed by atoms with Crippen LogP contribution in [-0.2, 0) is 4.79 Å². The molecule has 0 aliphatic carbocycles. The molecule has 1 saturated heterocycles. The van der Waals surface area contributed by atoms with Crippen molar-refractivity contribution >= 4 is 46.2 Å². The van der Waals surface area contributed by atoms with Crippen molar-refractivity contribution in [2.24, 2.45) is 10.9 Å². The molecule has 2 aromatic rings. The monoisotopic (exact) mass is 414 g/mol. The zero-order valence-electron chi connectivity index (χ0n) is 15.5. The number of hydrogen-bond acceptors (Lipinski definition) is 5. The van der Waals surface area contributed by atoms with E-state index in [0.29, 0.717) is 33.3 Å². The molecule has 0 unspecified atom stereocenters. The molecule has 0 atom stereocenters. The van der Waals surface area contributed by atoms with E-state index < -0.39 is 0 Å². The Morgan fingerprint density at radius 2 is 1.93 bits per heavy atom. The first-order valence-corrected chi connectivity index (χ1v) is 10.1. The zero-order valence-corrected chi connectivity index (χ0v) is 17.1. The lowest BCUT2D eigenvalue weighted by Gasteiger charge is -2.17. The van der Waals surface area contributed by atoms with Gasteiger partial charge >= 0.3 is 0 Å². The number of thioether (sulfide) groups is 1. The quantitative estimate of drug-likeness (QED) is 0.634. The third kappa shape index (κ3) is 4.03. The predicted molar refractivity (Wildman–Crippen MR) is 113 cm³/mol. The van der Waals surface area contributed by atoms with Gasteiger partial charge in [-0.15, -0.1) is 0 Å². The van der Waals surface area contributed by atoms with Crippen LogP contribution in [0.4, 0.5) is 5.69 Å². The van der Waals surface area contributed by atoms with E-state index in [-0.39, 0.29) is 12.7 Å². The number of nitrogens with zero attached hydrogens (tertiary/aromatic N) is 2. The Kier molecular flexibility index (Phi) is 5.33. The first kappa shape index (κ1) is 18.9. The van der Waals surface area contributed by atoms with E-state index in [9.17, 15) is 4.79 Å². The van der Waals surface area contributed by atoms with E-state index in [1.54, 1.807) is 17.0 Å². The lowest BCUT2D eigenvalue weighted by Crippen LogP contribution is -2.32. The molecular weight excluding hydrogens is 396 g/mol. The minimum absolute atomic E-state index is 0.0379. The lowest BCUT2D eigenvalue weighted by molar-refractivity contribution is -0.122. The normalized spacial score (nSPS) is 18.7. The predicted octanol–water partition coefficient (Wildman–Crippen LogP) is 5.33. The molecule has 7 heteroatoms. The van der Waals surface area contributed by atoms with Crippen LogP contribution in [0.3, 0.4) is 0 Å². The molecule has 0 aromatic heterocycles. The van der Waals surface area contributed by atoms with Crippen LogP contribution in [0.25, 0.3) is 6.08 Å². The fourth-order valence-electron chi connectivity index (χ4n) is 2.90. The van der Waals surface area contributed by atoms with Crippen LogP contribution in [0, 0.1) is 5.92 Å². The minimum atomic E-state index is -0.0379. The molecule has 5 nitrogen and oxygen atoms in total. The summed E-state index contributed by atoms with van der Waals surface area (Å²) in [6, 6.07) is 12.9. The molecule has 0 bridgehead atoms. The van der Waals surface area contributed by atoms with Gasteiger partial charge in [-0.1, -0.05) is 31.5 Å². The highest BCUT2D eigenvalue weighted by atomic mass is 35.5. The maximum atomic E-state index is 13.0. The highest BCUT2D eigenvalue weighted by Gasteiger charge is 2.33. The highest BCUT2D eigenvalue weighted by Crippen LogP contribution is 2.37. The maximum Gasteiger partial charge on any atom is 0.266 e. The molecule has 0 spiro atoms. The smallest absolute Gasteiger partial charge is 0.266 e. The number of amidine groups is 1. The Hall–Kier alpha value is -2.44. The van der Waals surface area contributed by atoms with Crippen molar-refractivity contribution in [3.05, 3.63) is 58.0 Å². The first-order valence-electron chi connectivity index (χ1n) is 8.95. The summed E-state index contributed by atoms with van der Waals surface area (Å²) in [6.07, 6.45) is 1.87. The van der Waals surface area contributed by atoms with Crippen LogP contribution in [0.15, 0.2) is 52.4 Å². The number of carbonyl (C=O) groups excluding carboxylic acids is 1. The SMILES string of the molecule is CC(C)CN1C(=O)/C(=C/c2ccc3c(c2)OCO3)SC1=Nc1ccc(Cl)cc1. The summed E-state index contributed by atoms with van der Waals surface area (Å²) in [4.78, 5) is 20.1. The first-order chi connectivity index (χ1) is 13.5. The molecular formula is C21H19ClN2O3S. The van der Waals surface area contributed by atoms with E-state index in [4.69, 9.17) is 21.1 Å². The summed E-state index contributed by atoms with van der Waals surface area (Å²) in [6.45, 7) is 4.99. The van der Waals surface area contributed by atoms with Crippen LogP contribution >= 0.6 is 23.4 Å². The highest BCUT2D eigenvalue weighted by molar-refractivity contribution is 8.18. The third-order valence-corrected chi connectivity index (χ3v) is 5.44. The van der Waals surface area contributed by atoms with Crippen molar-refractivity contribution in [1.82, 2.24) is 4.90 Å². The van der Waals surface area contributed by atoms with E-state index >= 15 is 0 Å². The molecule has 2 heterocycles. The average molecular weight is 415 g/mol. The molecule has 2 aliphatic heterocycles. The van der Waals surface area contributed by atoms with Crippen molar-refractivity contribution in [3.8, 4) is 11.5 Å². The van der Waals surface area contributed by atoms with Gasteiger partial charge in [0.15, 0.2) is 16.7 Å². The molecule has 0 N–H and O–H groups in total. The number of aliphatic imine (C=N–C) groups is 1. The van der Waals surface area contributed by atoms with Crippen molar-refractivity contribution in [3.63, 3.8) is 0 Å². The molecule has 2 aliphatic rings. The van der Waals surface area contributed by atoms with Gasteiger partial charge in [0.1, 0.15) is 0 Å². The molecule has 144 valence electrons. The van der Waals surface area contributed by atoms with E-state index in [0.717, 1.165) is 17.0 Å². The van der Waals surface area contributed by atoms with Gasteiger partial charge in [0.05, 0.1) is 10.6 Å². The number of benzene rings is 2. The molecule has 4 rings (SSSR count). The van der Waals surface area contributed by atoms with E-state index in [1.165, 1.54) is 11.8 Å². The van der Waals surface area contributed by atoms with Crippen molar-refractivity contribution in [1.29, 1.82) is 0 Å². The van der Waals surface area contributed by atoms with Gasteiger partial charge in [-0.05, 0) is 65.7 Å². The molecule has 1 fully saturated rings. The number of fused-ring (bicyclic) bond motifs is 1. The van der Waals surface area contributed by atoms with Crippen LogP contribution in [0.2, 0.25) is 5.02 Å².